The largest absolute Gasteiger partial charge is 0.350 e. The molecule has 0 heterocycles. The summed E-state index contributed by atoms with van der Waals surface area (Å²) in [5, 5.41) is 5.65. The van der Waals surface area contributed by atoms with E-state index >= 15 is 0 Å². The Kier molecular flexibility index (Phi) is 6.09. The van der Waals surface area contributed by atoms with Crippen molar-refractivity contribution < 1.29 is 9.59 Å². The summed E-state index contributed by atoms with van der Waals surface area (Å²) in [5.41, 5.74) is 8.41. The average molecular weight is 325 g/mol. The fraction of sp³-hybridized carbons (Fsp3) is 0.263. The van der Waals surface area contributed by atoms with Gasteiger partial charge >= 0.3 is 0 Å². The van der Waals surface area contributed by atoms with Gasteiger partial charge in [-0.05, 0) is 68.8 Å². The number of hydrogen-bond donors (Lipinski definition) is 3. The Hall–Kier alpha value is -2.66. The van der Waals surface area contributed by atoms with Gasteiger partial charge in [-0.1, -0.05) is 12.1 Å². The van der Waals surface area contributed by atoms with Crippen molar-refractivity contribution >= 4 is 17.5 Å². The number of carbonyl (C=O) groups is 2. The third-order valence-electron chi connectivity index (χ3n) is 3.47. The van der Waals surface area contributed by atoms with Crippen LogP contribution in [0.5, 0.6) is 0 Å². The molecule has 126 valence electrons. The molecule has 0 saturated heterocycles. The quantitative estimate of drug-likeness (QED) is 0.763. The van der Waals surface area contributed by atoms with Gasteiger partial charge in [0.05, 0.1) is 0 Å². The van der Waals surface area contributed by atoms with Crippen LogP contribution in [0.3, 0.4) is 0 Å². The monoisotopic (exact) mass is 325 g/mol. The molecule has 2 rings (SSSR count). The Bertz CT molecular complexity index is 692. The minimum atomic E-state index is -0.186. The van der Waals surface area contributed by atoms with Gasteiger partial charge in [-0.25, -0.2) is 0 Å². The van der Waals surface area contributed by atoms with Crippen molar-refractivity contribution in [3.05, 3.63) is 65.2 Å². The molecule has 24 heavy (non-hydrogen) atoms. The Morgan fingerprint density at radius 2 is 1.46 bits per heavy atom. The number of carbonyl (C=O) groups excluding carboxylic acids is 2. The first-order valence-corrected chi connectivity index (χ1v) is 8.01. The van der Waals surface area contributed by atoms with Crippen LogP contribution in [0.1, 0.15) is 40.1 Å². The highest BCUT2D eigenvalue weighted by Crippen LogP contribution is 2.12. The number of rotatable bonds is 6. The molecule has 0 unspecified atom stereocenters. The van der Waals surface area contributed by atoms with Crippen LogP contribution in [0.4, 0.5) is 5.69 Å². The zero-order valence-electron chi connectivity index (χ0n) is 14.0. The third kappa shape index (κ3) is 4.93. The van der Waals surface area contributed by atoms with Crippen molar-refractivity contribution in [2.75, 3.05) is 11.9 Å². The van der Waals surface area contributed by atoms with Gasteiger partial charge in [0.15, 0.2) is 0 Å². The molecule has 2 amide bonds. The molecule has 0 aliphatic carbocycles. The van der Waals surface area contributed by atoms with E-state index in [4.69, 9.17) is 5.73 Å². The van der Waals surface area contributed by atoms with Crippen LogP contribution in [0, 0.1) is 0 Å². The average Bonchev–Trinajstić information content (AvgIpc) is 2.56. The number of nitrogens with one attached hydrogen (secondary N) is 2. The molecule has 0 aliphatic rings. The molecule has 0 radical (unpaired) electrons. The maximum absolute atomic E-state index is 12.2. The molecule has 0 bridgehead atoms. The van der Waals surface area contributed by atoms with Crippen molar-refractivity contribution in [3.8, 4) is 0 Å². The predicted octanol–water partition coefficient (Wildman–Crippen LogP) is 2.58. The lowest BCUT2D eigenvalue weighted by atomic mass is 10.1. The Morgan fingerprint density at radius 1 is 0.917 bits per heavy atom. The standard InChI is InChI=1S/C19H23N3O2/c1-13(2)21-18(23)16-7-9-17(10-8-16)22-19(24)15-5-3-14(4-6-15)11-12-20/h3-10,13H,11-12,20H2,1-2H3,(H,21,23)(H,22,24). The van der Waals surface area contributed by atoms with E-state index in [1.165, 1.54) is 0 Å². The first kappa shape index (κ1) is 17.7. The van der Waals surface area contributed by atoms with Crippen molar-refractivity contribution in [3.63, 3.8) is 0 Å². The smallest absolute Gasteiger partial charge is 0.255 e. The Morgan fingerprint density at radius 3 is 2.00 bits per heavy atom. The fourth-order valence-corrected chi connectivity index (χ4v) is 2.24. The van der Waals surface area contributed by atoms with E-state index in [0.29, 0.717) is 23.4 Å². The molecule has 2 aromatic carbocycles. The van der Waals surface area contributed by atoms with Crippen molar-refractivity contribution in [1.29, 1.82) is 0 Å². The molecule has 0 aliphatic heterocycles. The van der Waals surface area contributed by atoms with Gasteiger partial charge in [-0.3, -0.25) is 9.59 Å². The summed E-state index contributed by atoms with van der Waals surface area (Å²) in [4.78, 5) is 24.1. The summed E-state index contributed by atoms with van der Waals surface area (Å²) in [6, 6.07) is 14.3. The van der Waals surface area contributed by atoms with Crippen LogP contribution in [0.15, 0.2) is 48.5 Å². The molecule has 0 spiro atoms. The molecule has 5 nitrogen and oxygen atoms in total. The topological polar surface area (TPSA) is 84.2 Å². The Labute approximate surface area is 142 Å². The molecule has 2 aromatic rings. The first-order valence-electron chi connectivity index (χ1n) is 8.01. The molecule has 0 fully saturated rings. The second kappa shape index (κ2) is 8.26. The number of nitrogens with two attached hydrogens (primary N) is 1. The third-order valence-corrected chi connectivity index (χ3v) is 3.47. The minimum Gasteiger partial charge on any atom is -0.350 e. The lowest BCUT2D eigenvalue weighted by Crippen LogP contribution is -2.30. The molecule has 0 saturated carbocycles. The van der Waals surface area contributed by atoms with Crippen LogP contribution >= 0.6 is 0 Å². The highest BCUT2D eigenvalue weighted by Gasteiger charge is 2.09. The van der Waals surface area contributed by atoms with E-state index in [1.807, 2.05) is 26.0 Å². The van der Waals surface area contributed by atoms with Gasteiger partial charge in [0.2, 0.25) is 0 Å². The van der Waals surface area contributed by atoms with Crippen molar-refractivity contribution in [2.45, 2.75) is 26.3 Å². The van der Waals surface area contributed by atoms with Crippen molar-refractivity contribution in [1.82, 2.24) is 5.32 Å². The van der Waals surface area contributed by atoms with E-state index in [2.05, 4.69) is 10.6 Å². The highest BCUT2D eigenvalue weighted by atomic mass is 16.2. The number of hydrogen-bond acceptors (Lipinski definition) is 3. The highest BCUT2D eigenvalue weighted by molar-refractivity contribution is 6.04. The summed E-state index contributed by atoms with van der Waals surface area (Å²) >= 11 is 0. The van der Waals surface area contributed by atoms with Crippen LogP contribution in [0.2, 0.25) is 0 Å². The molecular weight excluding hydrogens is 302 g/mol. The fourth-order valence-electron chi connectivity index (χ4n) is 2.24. The van der Waals surface area contributed by atoms with E-state index in [9.17, 15) is 9.59 Å². The van der Waals surface area contributed by atoms with Crippen LogP contribution in [-0.4, -0.2) is 24.4 Å². The van der Waals surface area contributed by atoms with E-state index in [-0.39, 0.29) is 17.9 Å². The van der Waals surface area contributed by atoms with E-state index < -0.39 is 0 Å². The second-order valence-corrected chi connectivity index (χ2v) is 5.90. The van der Waals surface area contributed by atoms with E-state index in [1.54, 1.807) is 36.4 Å². The van der Waals surface area contributed by atoms with Crippen LogP contribution in [0.25, 0.3) is 0 Å². The first-order chi connectivity index (χ1) is 11.5. The summed E-state index contributed by atoms with van der Waals surface area (Å²) in [7, 11) is 0. The van der Waals surface area contributed by atoms with Crippen LogP contribution in [-0.2, 0) is 6.42 Å². The molecule has 4 N–H and O–H groups in total. The summed E-state index contributed by atoms with van der Waals surface area (Å²) in [6.45, 7) is 4.40. The number of amides is 2. The molecule has 0 aromatic heterocycles. The number of anilines is 1. The normalized spacial score (nSPS) is 10.5. The van der Waals surface area contributed by atoms with Gasteiger partial charge < -0.3 is 16.4 Å². The maximum Gasteiger partial charge on any atom is 0.255 e. The Balaban J connectivity index is 2.00. The predicted molar refractivity (Wildman–Crippen MR) is 96.2 cm³/mol. The molecule has 5 heteroatoms. The number of benzene rings is 2. The van der Waals surface area contributed by atoms with Gasteiger partial charge in [0.25, 0.3) is 11.8 Å². The zero-order chi connectivity index (χ0) is 17.5. The molecule has 0 atom stereocenters. The van der Waals surface area contributed by atoms with Gasteiger partial charge in [-0.2, -0.15) is 0 Å². The molecular formula is C19H23N3O2. The van der Waals surface area contributed by atoms with Gasteiger partial charge in [0, 0.05) is 22.9 Å². The SMILES string of the molecule is CC(C)NC(=O)c1ccc(NC(=O)c2ccc(CCN)cc2)cc1. The maximum atomic E-state index is 12.2. The van der Waals surface area contributed by atoms with Gasteiger partial charge in [0.1, 0.15) is 0 Å². The lowest BCUT2D eigenvalue weighted by Gasteiger charge is -2.09. The summed E-state index contributed by atoms with van der Waals surface area (Å²) in [6.07, 6.45) is 0.793. The lowest BCUT2D eigenvalue weighted by molar-refractivity contribution is 0.0942. The minimum absolute atomic E-state index is 0.0825. The summed E-state index contributed by atoms with van der Waals surface area (Å²) < 4.78 is 0. The zero-order valence-corrected chi connectivity index (χ0v) is 14.0. The van der Waals surface area contributed by atoms with Gasteiger partial charge in [-0.15, -0.1) is 0 Å². The second-order valence-electron chi connectivity index (χ2n) is 5.90. The summed E-state index contributed by atoms with van der Waals surface area (Å²) in [5.74, 6) is -0.313. The van der Waals surface area contributed by atoms with Crippen molar-refractivity contribution in [2.24, 2.45) is 5.73 Å². The van der Waals surface area contributed by atoms with Crippen LogP contribution < -0.4 is 16.4 Å². The van der Waals surface area contributed by atoms with E-state index in [0.717, 1.165) is 12.0 Å².